The largest absolute Gasteiger partial charge is 0.481 e. The van der Waals surface area contributed by atoms with Crippen LogP contribution in [0.2, 0.25) is 0 Å². The number of aliphatic carboxylic acids is 3. The zero-order valence-electron chi connectivity index (χ0n) is 19.4. The maximum atomic E-state index is 13.1. The third-order valence-electron chi connectivity index (χ3n) is 5.01. The molecule has 0 fully saturated rings. The number of carbonyl (C=O) groups excluding carboxylic acids is 3. The highest BCUT2D eigenvalue weighted by molar-refractivity contribution is 5.95. The number of nitrogens with two attached hydrogens (primary N) is 1. The van der Waals surface area contributed by atoms with E-state index in [1.807, 2.05) is 5.32 Å². The van der Waals surface area contributed by atoms with E-state index in [9.17, 15) is 33.9 Å². The standard InChI is InChI=1S/C22H30N4O10/c1-11(27)18(23)21(34)25-14(9-12-5-3-2-4-6-12)20(33)24-13(7-8-16(28)29)19(32)26-15(22(35)36)10-17(30)31/h2-6,11,13-15,18,27H,7-10,23H2,1H3,(H,24,33)(H,25,34)(H,26,32)(H,28,29)(H,30,31)(H,35,36). The van der Waals surface area contributed by atoms with Crippen molar-refractivity contribution in [1.82, 2.24) is 16.0 Å². The van der Waals surface area contributed by atoms with Gasteiger partial charge in [-0.3, -0.25) is 24.0 Å². The van der Waals surface area contributed by atoms with Crippen LogP contribution in [-0.4, -0.2) is 86.3 Å². The minimum absolute atomic E-state index is 0.0605. The van der Waals surface area contributed by atoms with Crippen LogP contribution in [0, 0.1) is 0 Å². The van der Waals surface area contributed by atoms with Crippen LogP contribution in [0.5, 0.6) is 0 Å². The van der Waals surface area contributed by atoms with Gasteiger partial charge in [-0.25, -0.2) is 4.79 Å². The van der Waals surface area contributed by atoms with Crippen LogP contribution < -0.4 is 21.7 Å². The monoisotopic (exact) mass is 510 g/mol. The molecule has 0 bridgehead atoms. The molecule has 0 spiro atoms. The highest BCUT2D eigenvalue weighted by atomic mass is 16.4. The van der Waals surface area contributed by atoms with Crippen LogP contribution in [0.3, 0.4) is 0 Å². The van der Waals surface area contributed by atoms with Crippen molar-refractivity contribution < 1.29 is 49.2 Å². The summed E-state index contributed by atoms with van der Waals surface area (Å²) in [7, 11) is 0. The van der Waals surface area contributed by atoms with Crippen LogP contribution in [0.15, 0.2) is 30.3 Å². The Morgan fingerprint density at radius 1 is 0.806 bits per heavy atom. The molecule has 0 radical (unpaired) electrons. The van der Waals surface area contributed by atoms with Crippen molar-refractivity contribution in [1.29, 1.82) is 0 Å². The predicted octanol–water partition coefficient (Wildman–Crippen LogP) is -2.18. The van der Waals surface area contributed by atoms with Crippen molar-refractivity contribution in [3.8, 4) is 0 Å². The Balaban J connectivity index is 3.14. The number of carbonyl (C=O) groups is 6. The summed E-state index contributed by atoms with van der Waals surface area (Å²) in [6, 6.07) is 2.36. The molecule has 1 aromatic rings. The summed E-state index contributed by atoms with van der Waals surface area (Å²) in [6.45, 7) is 1.28. The molecule has 0 saturated carbocycles. The first kappa shape index (κ1) is 30.0. The lowest BCUT2D eigenvalue weighted by molar-refractivity contribution is -0.147. The van der Waals surface area contributed by atoms with Crippen LogP contribution in [0.25, 0.3) is 0 Å². The number of hydrogen-bond donors (Lipinski definition) is 8. The van der Waals surface area contributed by atoms with Crippen molar-refractivity contribution in [2.24, 2.45) is 5.73 Å². The minimum Gasteiger partial charge on any atom is -0.481 e. The molecule has 1 rings (SSSR count). The Kier molecular flexibility index (Phi) is 12.0. The molecule has 0 heterocycles. The van der Waals surface area contributed by atoms with E-state index < -0.39 is 85.2 Å². The lowest BCUT2D eigenvalue weighted by Gasteiger charge is -2.25. The van der Waals surface area contributed by atoms with Gasteiger partial charge in [0.1, 0.15) is 24.2 Å². The van der Waals surface area contributed by atoms with Crippen LogP contribution in [0.1, 0.15) is 31.7 Å². The van der Waals surface area contributed by atoms with Crippen LogP contribution in [-0.2, 0) is 35.2 Å². The molecule has 0 aliphatic rings. The van der Waals surface area contributed by atoms with E-state index in [4.69, 9.17) is 21.1 Å². The Morgan fingerprint density at radius 3 is 1.83 bits per heavy atom. The first-order valence-corrected chi connectivity index (χ1v) is 10.9. The fourth-order valence-electron chi connectivity index (χ4n) is 3.00. The maximum Gasteiger partial charge on any atom is 0.326 e. The third-order valence-corrected chi connectivity index (χ3v) is 5.01. The molecule has 5 atom stereocenters. The predicted molar refractivity (Wildman–Crippen MR) is 122 cm³/mol. The zero-order chi connectivity index (χ0) is 27.4. The normalized spacial score (nSPS) is 14.9. The molecule has 5 unspecified atom stereocenters. The van der Waals surface area contributed by atoms with E-state index >= 15 is 0 Å². The lowest BCUT2D eigenvalue weighted by Crippen LogP contribution is -2.58. The number of aliphatic hydroxyl groups excluding tert-OH is 1. The Hall–Kier alpha value is -4.04. The zero-order valence-corrected chi connectivity index (χ0v) is 19.4. The number of nitrogens with one attached hydrogen (secondary N) is 3. The van der Waals surface area contributed by atoms with Crippen molar-refractivity contribution in [2.45, 2.75) is 62.9 Å². The topological polar surface area (TPSA) is 245 Å². The van der Waals surface area contributed by atoms with Gasteiger partial charge in [-0.05, 0) is 18.9 Å². The molecule has 3 amide bonds. The third kappa shape index (κ3) is 10.5. The van der Waals surface area contributed by atoms with Gasteiger partial charge in [-0.2, -0.15) is 0 Å². The van der Waals surface area contributed by atoms with Crippen molar-refractivity contribution in [3.63, 3.8) is 0 Å². The van der Waals surface area contributed by atoms with E-state index in [0.717, 1.165) is 0 Å². The summed E-state index contributed by atoms with van der Waals surface area (Å²) >= 11 is 0. The molecular weight excluding hydrogens is 480 g/mol. The molecule has 0 aliphatic heterocycles. The molecule has 0 saturated heterocycles. The van der Waals surface area contributed by atoms with Gasteiger partial charge in [-0.15, -0.1) is 0 Å². The highest BCUT2D eigenvalue weighted by Crippen LogP contribution is 2.07. The second kappa shape index (κ2) is 14.4. The summed E-state index contributed by atoms with van der Waals surface area (Å²) in [6.07, 6.45) is -3.29. The van der Waals surface area contributed by atoms with Gasteiger partial charge in [0, 0.05) is 12.8 Å². The summed E-state index contributed by atoms with van der Waals surface area (Å²) in [5, 5.41) is 43.2. The first-order chi connectivity index (χ1) is 16.8. The highest BCUT2D eigenvalue weighted by Gasteiger charge is 2.32. The second-order valence-corrected chi connectivity index (χ2v) is 8.01. The maximum absolute atomic E-state index is 13.1. The number of hydrogen-bond acceptors (Lipinski definition) is 8. The minimum atomic E-state index is -1.83. The Labute approximate surface area is 205 Å². The van der Waals surface area contributed by atoms with E-state index in [0.29, 0.717) is 5.56 Å². The lowest BCUT2D eigenvalue weighted by atomic mass is 10.0. The van der Waals surface area contributed by atoms with E-state index in [2.05, 4.69) is 10.6 Å². The molecule has 14 heteroatoms. The number of benzene rings is 1. The van der Waals surface area contributed by atoms with Crippen LogP contribution >= 0.6 is 0 Å². The second-order valence-electron chi connectivity index (χ2n) is 8.01. The van der Waals surface area contributed by atoms with Gasteiger partial charge in [0.05, 0.1) is 12.5 Å². The average molecular weight is 511 g/mol. The van der Waals surface area contributed by atoms with Crippen molar-refractivity contribution in [3.05, 3.63) is 35.9 Å². The van der Waals surface area contributed by atoms with Gasteiger partial charge in [0.15, 0.2) is 0 Å². The molecule has 0 aliphatic carbocycles. The average Bonchev–Trinajstić information content (AvgIpc) is 2.80. The van der Waals surface area contributed by atoms with Crippen LogP contribution in [0.4, 0.5) is 0 Å². The molecule has 198 valence electrons. The van der Waals surface area contributed by atoms with Gasteiger partial charge >= 0.3 is 17.9 Å². The quantitative estimate of drug-likeness (QED) is 0.126. The number of carboxylic acids is 3. The molecule has 36 heavy (non-hydrogen) atoms. The SMILES string of the molecule is CC(O)C(N)C(=O)NC(Cc1ccccc1)C(=O)NC(CCC(=O)O)C(=O)NC(CC(=O)O)C(=O)O. The number of aliphatic hydroxyl groups is 1. The summed E-state index contributed by atoms with van der Waals surface area (Å²) in [5.41, 5.74) is 6.24. The fourth-order valence-corrected chi connectivity index (χ4v) is 3.00. The number of rotatable bonds is 15. The summed E-state index contributed by atoms with van der Waals surface area (Å²) in [5.74, 6) is -7.35. The number of amides is 3. The van der Waals surface area contributed by atoms with Gasteiger partial charge in [-0.1, -0.05) is 30.3 Å². The molecule has 1 aromatic carbocycles. The van der Waals surface area contributed by atoms with Crippen molar-refractivity contribution >= 4 is 35.6 Å². The van der Waals surface area contributed by atoms with E-state index in [1.165, 1.54) is 6.92 Å². The number of carboxylic acid groups (broad SMARTS) is 3. The van der Waals surface area contributed by atoms with E-state index in [1.54, 1.807) is 30.3 Å². The molecule has 0 aromatic heterocycles. The fraction of sp³-hybridized carbons (Fsp3) is 0.455. The van der Waals surface area contributed by atoms with E-state index in [-0.39, 0.29) is 6.42 Å². The first-order valence-electron chi connectivity index (χ1n) is 10.9. The summed E-state index contributed by atoms with van der Waals surface area (Å²) < 4.78 is 0. The Bertz CT molecular complexity index is 953. The van der Waals surface area contributed by atoms with Gasteiger partial charge in [0.25, 0.3) is 0 Å². The molecule has 14 nitrogen and oxygen atoms in total. The summed E-state index contributed by atoms with van der Waals surface area (Å²) in [4.78, 5) is 71.4. The van der Waals surface area contributed by atoms with Gasteiger partial charge in [0.2, 0.25) is 17.7 Å². The smallest absolute Gasteiger partial charge is 0.326 e. The molecule has 9 N–H and O–H groups in total. The van der Waals surface area contributed by atoms with Gasteiger partial charge < -0.3 is 42.1 Å². The Morgan fingerprint density at radius 2 is 1.33 bits per heavy atom. The van der Waals surface area contributed by atoms with Crippen molar-refractivity contribution in [2.75, 3.05) is 0 Å². The molecular formula is C22H30N4O10.